The van der Waals surface area contributed by atoms with Gasteiger partial charge in [0.25, 0.3) is 5.56 Å². The van der Waals surface area contributed by atoms with E-state index in [0.29, 0.717) is 26.4 Å². The third-order valence-electron chi connectivity index (χ3n) is 6.06. The average molecular weight is 485 g/mol. The van der Waals surface area contributed by atoms with Crippen LogP contribution in [0.1, 0.15) is 31.0 Å². The number of thiazole rings is 1. The first-order chi connectivity index (χ1) is 17.0. The molecule has 7 heteroatoms. The molecule has 0 fully saturated rings. The summed E-state index contributed by atoms with van der Waals surface area (Å²) in [4.78, 5) is 32.0. The molecule has 176 valence electrons. The summed E-state index contributed by atoms with van der Waals surface area (Å²) < 4.78 is 13.1. The van der Waals surface area contributed by atoms with Gasteiger partial charge in [-0.2, -0.15) is 0 Å². The van der Waals surface area contributed by atoms with Crippen LogP contribution in [0, 0.1) is 0 Å². The normalized spacial score (nSPS) is 15.6. The Balaban J connectivity index is 1.78. The van der Waals surface area contributed by atoms with Crippen LogP contribution >= 0.6 is 11.3 Å². The Bertz CT molecular complexity index is 1650. The summed E-state index contributed by atoms with van der Waals surface area (Å²) in [6, 6.07) is 20.8. The van der Waals surface area contributed by atoms with Crippen LogP contribution in [0.25, 0.3) is 16.8 Å². The zero-order valence-electron chi connectivity index (χ0n) is 19.6. The highest BCUT2D eigenvalue weighted by atomic mass is 32.1. The summed E-state index contributed by atoms with van der Waals surface area (Å²) >= 11 is 1.30. The number of esters is 1. The topological polar surface area (TPSA) is 69.9 Å². The predicted molar refractivity (Wildman–Crippen MR) is 137 cm³/mol. The lowest BCUT2D eigenvalue weighted by Crippen LogP contribution is -2.39. The van der Waals surface area contributed by atoms with E-state index in [2.05, 4.69) is 4.99 Å². The molecule has 1 atom stereocenters. The van der Waals surface area contributed by atoms with Gasteiger partial charge in [-0.1, -0.05) is 72.0 Å². The first-order valence-corrected chi connectivity index (χ1v) is 12.2. The van der Waals surface area contributed by atoms with Crippen LogP contribution in [-0.2, 0) is 9.53 Å². The van der Waals surface area contributed by atoms with Crippen molar-refractivity contribution < 1.29 is 14.3 Å². The van der Waals surface area contributed by atoms with Gasteiger partial charge in [-0.3, -0.25) is 9.36 Å². The first kappa shape index (κ1) is 22.8. The molecule has 3 aromatic carbocycles. The standard InChI is InChI=1S/C28H24N2O4S/c1-4-34-27(32)24-17(2)29-28-30(25(24)19-11-6-5-7-12-19)26(31)23(35-28)16-21-20-13-9-8-10-18(20)14-15-22(21)33-3/h5-16,25H,4H2,1-3H3/t25-/m0/s1. The van der Waals surface area contributed by atoms with Gasteiger partial charge in [0, 0.05) is 5.56 Å². The van der Waals surface area contributed by atoms with Crippen LogP contribution in [0.2, 0.25) is 0 Å². The summed E-state index contributed by atoms with van der Waals surface area (Å²) in [5.41, 5.74) is 2.35. The van der Waals surface area contributed by atoms with E-state index in [1.54, 1.807) is 25.5 Å². The molecule has 0 saturated heterocycles. The first-order valence-electron chi connectivity index (χ1n) is 11.3. The number of ether oxygens (including phenoxy) is 2. The van der Waals surface area contributed by atoms with Crippen LogP contribution in [0.15, 0.2) is 87.8 Å². The van der Waals surface area contributed by atoms with Crippen LogP contribution < -0.4 is 19.6 Å². The molecule has 0 amide bonds. The molecule has 2 heterocycles. The number of carbonyl (C=O) groups excluding carboxylic acids is 1. The lowest BCUT2D eigenvalue weighted by atomic mass is 9.96. The van der Waals surface area contributed by atoms with E-state index in [-0.39, 0.29) is 12.2 Å². The van der Waals surface area contributed by atoms with Crippen LogP contribution in [0.5, 0.6) is 5.75 Å². The largest absolute Gasteiger partial charge is 0.496 e. The Morgan fingerprint density at radius 1 is 1.09 bits per heavy atom. The summed E-state index contributed by atoms with van der Waals surface area (Å²) in [6.07, 6.45) is 1.86. The highest BCUT2D eigenvalue weighted by molar-refractivity contribution is 7.07. The molecule has 0 saturated carbocycles. The minimum Gasteiger partial charge on any atom is -0.496 e. The lowest BCUT2D eigenvalue weighted by molar-refractivity contribution is -0.139. The van der Waals surface area contributed by atoms with Gasteiger partial charge in [-0.05, 0) is 42.3 Å². The molecule has 0 aliphatic carbocycles. The monoisotopic (exact) mass is 484 g/mol. The number of hydrogen-bond donors (Lipinski definition) is 0. The van der Waals surface area contributed by atoms with Crippen molar-refractivity contribution in [2.75, 3.05) is 13.7 Å². The van der Waals surface area contributed by atoms with Crippen molar-refractivity contribution in [2.45, 2.75) is 19.9 Å². The van der Waals surface area contributed by atoms with Gasteiger partial charge in [0.05, 0.1) is 35.6 Å². The quantitative estimate of drug-likeness (QED) is 0.402. The Morgan fingerprint density at radius 3 is 2.57 bits per heavy atom. The van der Waals surface area contributed by atoms with Crippen molar-refractivity contribution in [3.63, 3.8) is 0 Å². The average Bonchev–Trinajstić information content (AvgIpc) is 3.18. The number of fused-ring (bicyclic) bond motifs is 2. The SMILES string of the molecule is CCOC(=O)C1=C(C)N=c2sc(=Cc3c(OC)ccc4ccccc34)c(=O)n2[C@H]1c1ccccc1. The third kappa shape index (κ3) is 3.98. The summed E-state index contributed by atoms with van der Waals surface area (Å²) in [7, 11) is 1.62. The molecule has 1 aromatic heterocycles. The minimum absolute atomic E-state index is 0.216. The van der Waals surface area contributed by atoms with E-state index in [0.717, 1.165) is 21.9 Å². The van der Waals surface area contributed by atoms with Gasteiger partial charge in [-0.15, -0.1) is 0 Å². The van der Waals surface area contributed by atoms with E-state index in [9.17, 15) is 9.59 Å². The van der Waals surface area contributed by atoms with Gasteiger partial charge >= 0.3 is 5.97 Å². The number of nitrogens with zero attached hydrogens (tertiary/aromatic N) is 2. The number of benzene rings is 3. The second-order valence-electron chi connectivity index (χ2n) is 8.12. The fourth-order valence-electron chi connectivity index (χ4n) is 4.48. The molecule has 5 rings (SSSR count). The number of aromatic nitrogens is 1. The highest BCUT2D eigenvalue weighted by Crippen LogP contribution is 2.31. The smallest absolute Gasteiger partial charge is 0.338 e. The van der Waals surface area contributed by atoms with Crippen molar-refractivity contribution >= 4 is 34.2 Å². The van der Waals surface area contributed by atoms with E-state index in [4.69, 9.17) is 9.47 Å². The molecule has 6 nitrogen and oxygen atoms in total. The van der Waals surface area contributed by atoms with E-state index >= 15 is 0 Å². The second kappa shape index (κ2) is 9.35. The number of rotatable bonds is 5. The third-order valence-corrected chi connectivity index (χ3v) is 7.04. The van der Waals surface area contributed by atoms with Crippen LogP contribution in [0.4, 0.5) is 0 Å². The summed E-state index contributed by atoms with van der Waals surface area (Å²) in [6.45, 7) is 3.79. The molecule has 0 N–H and O–H groups in total. The maximum atomic E-state index is 13.8. The van der Waals surface area contributed by atoms with Crippen LogP contribution in [-0.4, -0.2) is 24.3 Å². The van der Waals surface area contributed by atoms with Gasteiger partial charge < -0.3 is 9.47 Å². The van der Waals surface area contributed by atoms with Crippen LogP contribution in [0.3, 0.4) is 0 Å². The van der Waals surface area contributed by atoms with Crippen molar-refractivity contribution in [3.05, 3.63) is 109 Å². The minimum atomic E-state index is -0.622. The summed E-state index contributed by atoms with van der Waals surface area (Å²) in [5, 5.41) is 2.04. The maximum absolute atomic E-state index is 13.8. The zero-order chi connectivity index (χ0) is 24.5. The molecule has 4 aromatic rings. The Morgan fingerprint density at radius 2 is 1.83 bits per heavy atom. The zero-order valence-corrected chi connectivity index (χ0v) is 20.5. The van der Waals surface area contributed by atoms with Gasteiger partial charge in [-0.25, -0.2) is 9.79 Å². The summed E-state index contributed by atoms with van der Waals surface area (Å²) in [5.74, 6) is 0.213. The number of carbonyl (C=O) groups is 1. The molecule has 0 unspecified atom stereocenters. The van der Waals surface area contributed by atoms with E-state index in [1.165, 1.54) is 11.3 Å². The van der Waals surface area contributed by atoms with Crippen molar-refractivity contribution in [3.8, 4) is 5.75 Å². The predicted octanol–water partition coefficient (Wildman–Crippen LogP) is 3.96. The highest BCUT2D eigenvalue weighted by Gasteiger charge is 2.33. The van der Waals surface area contributed by atoms with Gasteiger partial charge in [0.1, 0.15) is 5.75 Å². The van der Waals surface area contributed by atoms with Crippen molar-refractivity contribution in [2.24, 2.45) is 4.99 Å². The van der Waals surface area contributed by atoms with Crippen molar-refractivity contribution in [1.82, 2.24) is 4.57 Å². The maximum Gasteiger partial charge on any atom is 0.338 e. The number of methoxy groups -OCH3 is 1. The molecule has 0 radical (unpaired) electrons. The molecular weight excluding hydrogens is 460 g/mol. The Labute approximate surface area is 206 Å². The molecule has 0 bridgehead atoms. The van der Waals surface area contributed by atoms with Gasteiger partial charge in [0.15, 0.2) is 4.80 Å². The number of allylic oxidation sites excluding steroid dienone is 1. The fourth-order valence-corrected chi connectivity index (χ4v) is 5.50. The van der Waals surface area contributed by atoms with Crippen molar-refractivity contribution in [1.29, 1.82) is 0 Å². The van der Waals surface area contributed by atoms with Gasteiger partial charge in [0.2, 0.25) is 0 Å². The Kier molecular flexibility index (Phi) is 6.09. The molecule has 1 aliphatic heterocycles. The molecule has 1 aliphatic rings. The fraction of sp³-hybridized carbons (Fsp3) is 0.179. The molecule has 0 spiro atoms. The second-order valence-corrected chi connectivity index (χ2v) is 9.12. The number of hydrogen-bond acceptors (Lipinski definition) is 6. The Hall–Kier alpha value is -3.97. The molecular formula is C28H24N2O4S. The van der Waals surface area contributed by atoms with E-state index < -0.39 is 12.0 Å². The lowest BCUT2D eigenvalue weighted by Gasteiger charge is -2.24. The molecule has 35 heavy (non-hydrogen) atoms. The van der Waals surface area contributed by atoms with E-state index in [1.807, 2.05) is 72.8 Å².